The van der Waals surface area contributed by atoms with Gasteiger partial charge >= 0.3 is 0 Å². The van der Waals surface area contributed by atoms with Crippen LogP contribution in [0.5, 0.6) is 0 Å². The molecule has 1 saturated heterocycles. The van der Waals surface area contributed by atoms with Crippen molar-refractivity contribution in [1.82, 2.24) is 14.8 Å². The predicted molar refractivity (Wildman–Crippen MR) is 95.9 cm³/mol. The normalized spacial score (nSPS) is 20.6. The Labute approximate surface area is 167 Å². The number of nitriles is 1. The number of halogens is 3. The highest BCUT2D eigenvalue weighted by atomic mass is 35.5. The first-order valence-electron chi connectivity index (χ1n) is 8.03. The Kier molecular flexibility index (Phi) is 4.93. The molecule has 0 saturated carbocycles. The summed E-state index contributed by atoms with van der Waals surface area (Å²) in [7, 11) is 0. The summed E-state index contributed by atoms with van der Waals surface area (Å²) in [4.78, 5) is 4.01. The molecule has 1 aliphatic heterocycles. The van der Waals surface area contributed by atoms with Gasteiger partial charge in [-0.3, -0.25) is 0 Å². The van der Waals surface area contributed by atoms with Crippen LogP contribution >= 0.6 is 23.6 Å². The van der Waals surface area contributed by atoms with Crippen LogP contribution in [0.3, 0.4) is 0 Å². The molecule has 1 aliphatic rings. The Morgan fingerprint density at radius 3 is 2.89 bits per heavy atom. The lowest BCUT2D eigenvalue weighted by atomic mass is 9.91. The Morgan fingerprint density at radius 1 is 1.32 bits per heavy atom. The topological polar surface area (TPSA) is 76.3 Å². The maximum absolute atomic E-state index is 14.6. The van der Waals surface area contributed by atoms with Gasteiger partial charge in [0.2, 0.25) is 5.16 Å². The lowest BCUT2D eigenvalue weighted by Gasteiger charge is -2.16. The smallest absolute Gasteiger partial charge is 0.300 e. The van der Waals surface area contributed by atoms with E-state index in [0.717, 1.165) is 18.1 Å². The van der Waals surface area contributed by atoms with Crippen molar-refractivity contribution in [3.63, 3.8) is 0 Å². The van der Waals surface area contributed by atoms with Gasteiger partial charge in [-0.1, -0.05) is 35.9 Å². The summed E-state index contributed by atoms with van der Waals surface area (Å²) in [5, 5.41) is 13.4. The van der Waals surface area contributed by atoms with E-state index < -0.39 is 23.3 Å². The third-order valence-corrected chi connectivity index (χ3v) is 5.35. The van der Waals surface area contributed by atoms with Crippen LogP contribution in [0.4, 0.5) is 8.78 Å². The molecule has 0 aliphatic carbocycles. The first-order chi connectivity index (χ1) is 13.5. The van der Waals surface area contributed by atoms with E-state index >= 15 is 0 Å². The number of hydrogen-bond donors (Lipinski definition) is 0. The highest BCUT2D eigenvalue weighted by Crippen LogP contribution is 2.59. The van der Waals surface area contributed by atoms with Crippen molar-refractivity contribution < 1.29 is 17.7 Å². The zero-order valence-corrected chi connectivity index (χ0v) is 15.6. The van der Waals surface area contributed by atoms with Gasteiger partial charge in [-0.25, -0.2) is 18.4 Å². The van der Waals surface area contributed by atoms with E-state index in [0.29, 0.717) is 10.6 Å². The molecule has 2 aromatic carbocycles. The molecule has 0 radical (unpaired) electrons. The maximum atomic E-state index is 14.6. The van der Waals surface area contributed by atoms with Crippen molar-refractivity contribution in [3.8, 4) is 6.26 Å². The molecule has 6 nitrogen and oxygen atoms in total. The molecule has 0 amide bonds. The molecule has 0 unspecified atom stereocenters. The van der Waals surface area contributed by atoms with Gasteiger partial charge in [0.25, 0.3) is 6.26 Å². The molecule has 2 atom stereocenters. The zero-order chi connectivity index (χ0) is 19.7. The van der Waals surface area contributed by atoms with E-state index in [1.165, 1.54) is 29.4 Å². The lowest BCUT2D eigenvalue weighted by molar-refractivity contribution is 0.250. The van der Waals surface area contributed by atoms with E-state index in [9.17, 15) is 8.78 Å². The Balaban J connectivity index is 1.75. The van der Waals surface area contributed by atoms with Crippen LogP contribution in [0.15, 0.2) is 53.9 Å². The van der Waals surface area contributed by atoms with Gasteiger partial charge in [0, 0.05) is 22.2 Å². The molecule has 0 spiro atoms. The fraction of sp³-hybridized carbons (Fsp3) is 0.167. The largest absolute Gasteiger partial charge is 0.354 e. The number of rotatable bonds is 6. The second-order valence-corrected chi connectivity index (χ2v) is 7.10. The minimum absolute atomic E-state index is 0.0581. The van der Waals surface area contributed by atoms with Gasteiger partial charge in [0.1, 0.15) is 41.7 Å². The van der Waals surface area contributed by atoms with Gasteiger partial charge < -0.3 is 8.92 Å². The molecule has 10 heteroatoms. The zero-order valence-electron chi connectivity index (χ0n) is 14.1. The highest BCUT2D eigenvalue weighted by Gasteiger charge is 2.61. The van der Waals surface area contributed by atoms with E-state index in [-0.39, 0.29) is 17.3 Å². The number of hydrogen-bond acceptors (Lipinski definition) is 6. The van der Waals surface area contributed by atoms with E-state index in [2.05, 4.69) is 14.3 Å². The number of ether oxygens (including phenoxy) is 1. The van der Waals surface area contributed by atoms with Gasteiger partial charge in [-0.15, -0.1) is 5.26 Å². The van der Waals surface area contributed by atoms with Crippen molar-refractivity contribution in [1.29, 1.82) is 5.26 Å². The molecule has 4 rings (SSSR count). The van der Waals surface area contributed by atoms with Gasteiger partial charge in [0.05, 0.1) is 6.54 Å². The quantitative estimate of drug-likeness (QED) is 0.334. The fourth-order valence-electron chi connectivity index (χ4n) is 3.13. The van der Waals surface area contributed by atoms with Crippen molar-refractivity contribution in [2.45, 2.75) is 23.4 Å². The van der Waals surface area contributed by atoms with Crippen LogP contribution in [-0.4, -0.2) is 14.8 Å². The first-order valence-corrected chi connectivity index (χ1v) is 9.15. The minimum atomic E-state index is -1.17. The molecule has 2 heterocycles. The summed E-state index contributed by atoms with van der Waals surface area (Å²) in [5.74, 6) is -1.43. The molecular formula is C18H11ClF2N4O2S. The van der Waals surface area contributed by atoms with Crippen LogP contribution < -0.4 is 0 Å². The highest BCUT2D eigenvalue weighted by molar-refractivity contribution is 7.94. The molecule has 1 aromatic heterocycles. The monoisotopic (exact) mass is 420 g/mol. The summed E-state index contributed by atoms with van der Waals surface area (Å²) in [6.07, 6.45) is 2.25. The Hall–Kier alpha value is -2.67. The van der Waals surface area contributed by atoms with Crippen LogP contribution in [0.1, 0.15) is 17.2 Å². The average molecular weight is 421 g/mol. The summed E-state index contributed by atoms with van der Waals surface area (Å²) >= 11 is 7.01. The minimum Gasteiger partial charge on any atom is -0.354 e. The van der Waals surface area contributed by atoms with E-state index in [1.807, 2.05) is 0 Å². The summed E-state index contributed by atoms with van der Waals surface area (Å²) in [6.45, 7) is 0.0581. The Morgan fingerprint density at radius 2 is 2.14 bits per heavy atom. The summed E-state index contributed by atoms with van der Waals surface area (Å²) < 4.78 is 40.1. The molecule has 3 aromatic rings. The van der Waals surface area contributed by atoms with Crippen molar-refractivity contribution in [2.24, 2.45) is 0 Å². The van der Waals surface area contributed by atoms with Crippen LogP contribution in [0, 0.1) is 23.2 Å². The number of epoxide rings is 1. The Bertz CT molecular complexity index is 1070. The second kappa shape index (κ2) is 7.39. The van der Waals surface area contributed by atoms with Crippen molar-refractivity contribution in [3.05, 3.63) is 76.6 Å². The third kappa shape index (κ3) is 3.30. The van der Waals surface area contributed by atoms with Gasteiger partial charge in [0.15, 0.2) is 0 Å². The van der Waals surface area contributed by atoms with E-state index in [4.69, 9.17) is 21.6 Å². The van der Waals surface area contributed by atoms with Gasteiger partial charge in [-0.2, -0.15) is 5.10 Å². The van der Waals surface area contributed by atoms with Crippen LogP contribution in [-0.2, 0) is 21.1 Å². The molecule has 1 fully saturated rings. The number of aromatic nitrogens is 3. The van der Waals surface area contributed by atoms with Crippen molar-refractivity contribution in [2.75, 3.05) is 0 Å². The first kappa shape index (κ1) is 18.7. The molecular weight excluding hydrogens is 410 g/mol. The molecule has 0 bridgehead atoms. The summed E-state index contributed by atoms with van der Waals surface area (Å²) in [6, 6.07) is 10.4. The maximum Gasteiger partial charge on any atom is 0.300 e. The lowest BCUT2D eigenvalue weighted by Crippen LogP contribution is -2.22. The van der Waals surface area contributed by atoms with Gasteiger partial charge in [-0.05, 0) is 12.1 Å². The predicted octanol–water partition coefficient (Wildman–Crippen LogP) is 4.38. The standard InChI is InChI=1S/C18H11ClF2N4O2S/c19-14-4-2-1-3-12(14)16-18(27-16,13-6-5-11(20)7-15(13)21)8-25-17(23-10-24-25)28-26-9-22/h1-7,10,16H,8H2/t16-,18-/m0/s1. The van der Waals surface area contributed by atoms with Crippen LogP contribution in [0.25, 0.3) is 0 Å². The van der Waals surface area contributed by atoms with Crippen LogP contribution in [0.2, 0.25) is 5.02 Å². The summed E-state index contributed by atoms with van der Waals surface area (Å²) in [5.41, 5.74) is -0.319. The SMILES string of the molecule is N#COSc1ncnn1C[C@@]1(c2ccc(F)cc2F)O[C@H]1c1ccccc1Cl. The molecule has 28 heavy (non-hydrogen) atoms. The average Bonchev–Trinajstić information content (AvgIpc) is 3.21. The number of nitrogens with zero attached hydrogens (tertiary/aromatic N) is 4. The molecule has 142 valence electrons. The molecule has 0 N–H and O–H groups in total. The van der Waals surface area contributed by atoms with E-state index in [1.54, 1.807) is 24.3 Å². The second-order valence-electron chi connectivity index (χ2n) is 5.99. The van der Waals surface area contributed by atoms with Crippen molar-refractivity contribution >= 4 is 23.6 Å². The fourth-order valence-corrected chi connectivity index (χ4v) is 3.76. The third-order valence-electron chi connectivity index (χ3n) is 4.39. The number of benzene rings is 2.